The molecule has 30 heavy (non-hydrogen) atoms. The number of nitrogens with two attached hydrogens (primary N) is 1. The molecule has 0 unspecified atom stereocenters. The van der Waals surface area contributed by atoms with E-state index in [1.54, 1.807) is 4.90 Å². The van der Waals surface area contributed by atoms with Crippen LogP contribution in [0.3, 0.4) is 0 Å². The molecule has 3 aliphatic rings. The molecular formula is C20H33N5O4S. The van der Waals surface area contributed by atoms with Gasteiger partial charge in [-0.15, -0.1) is 0 Å². The van der Waals surface area contributed by atoms with E-state index in [0.717, 1.165) is 25.7 Å². The summed E-state index contributed by atoms with van der Waals surface area (Å²) in [5.74, 6) is -0.691. The lowest BCUT2D eigenvalue weighted by atomic mass is 9.96. The number of carbonyl (C=O) groups excluding carboxylic acids is 4. The summed E-state index contributed by atoms with van der Waals surface area (Å²) >= 11 is 1.40. The van der Waals surface area contributed by atoms with E-state index in [4.69, 9.17) is 5.73 Å². The van der Waals surface area contributed by atoms with Crippen LogP contribution in [-0.4, -0.2) is 82.8 Å². The summed E-state index contributed by atoms with van der Waals surface area (Å²) in [6.45, 7) is 0.841. The molecule has 5 amide bonds. The Bertz CT molecular complexity index is 670. The first kappa shape index (κ1) is 22.7. The number of carbonyl (C=O) groups is 4. The summed E-state index contributed by atoms with van der Waals surface area (Å²) in [5, 5.41) is 5.95. The number of hydrogen-bond donors (Lipinski definition) is 3. The van der Waals surface area contributed by atoms with Gasteiger partial charge in [0, 0.05) is 19.1 Å². The maximum atomic E-state index is 13.4. The fraction of sp³-hybridized carbons (Fsp3) is 0.800. The first-order valence-corrected chi connectivity index (χ1v) is 12.3. The van der Waals surface area contributed by atoms with Crippen LogP contribution in [0.1, 0.15) is 51.4 Å². The molecule has 0 radical (unpaired) electrons. The third-order valence-corrected chi connectivity index (χ3v) is 6.90. The number of rotatable bonds is 6. The predicted octanol–water partition coefficient (Wildman–Crippen LogP) is 0.427. The second kappa shape index (κ2) is 10.4. The Morgan fingerprint density at radius 1 is 0.933 bits per heavy atom. The Hall–Kier alpha value is -1.97. The largest absolute Gasteiger partial charge is 0.368 e. The molecule has 3 fully saturated rings. The number of likely N-dealkylation sites (tertiary alicyclic amines) is 2. The maximum absolute atomic E-state index is 13.4. The zero-order valence-electron chi connectivity index (χ0n) is 17.6. The first-order chi connectivity index (χ1) is 14.4. The Balaban J connectivity index is 1.72. The smallest absolute Gasteiger partial charge is 0.315 e. The van der Waals surface area contributed by atoms with Crippen LogP contribution in [0, 0.1) is 0 Å². The average molecular weight is 440 g/mol. The van der Waals surface area contributed by atoms with E-state index < -0.39 is 24.0 Å². The summed E-state index contributed by atoms with van der Waals surface area (Å²) in [5.41, 5.74) is 5.49. The summed E-state index contributed by atoms with van der Waals surface area (Å²) in [6.07, 6.45) is 8.91. The molecule has 10 heteroatoms. The lowest BCUT2D eigenvalue weighted by Crippen LogP contribution is -2.59. The van der Waals surface area contributed by atoms with Crippen LogP contribution in [0.4, 0.5) is 4.79 Å². The molecule has 4 N–H and O–H groups in total. The fourth-order valence-corrected chi connectivity index (χ4v) is 5.29. The predicted molar refractivity (Wildman–Crippen MR) is 115 cm³/mol. The number of amides is 5. The van der Waals surface area contributed by atoms with Crippen molar-refractivity contribution in [3.8, 4) is 0 Å². The number of thioether (sulfide) groups is 1. The standard InChI is InChI=1S/C20H33N5O4S/c1-30-12-16(26)25-11-9-14(23-20(29)22-13-6-3-2-4-7-13)17(25)19(28)24-10-5-8-15(24)18(21)27/h13-15,17H,2-12H2,1H3,(H2,21,27)(H2,22,23,29)/t14-,15+,17-/m0/s1. The van der Waals surface area contributed by atoms with Gasteiger partial charge < -0.3 is 26.2 Å². The van der Waals surface area contributed by atoms with Crippen LogP contribution in [-0.2, 0) is 14.4 Å². The Morgan fingerprint density at radius 2 is 1.67 bits per heavy atom. The molecule has 0 aromatic rings. The van der Waals surface area contributed by atoms with E-state index in [-0.39, 0.29) is 29.6 Å². The summed E-state index contributed by atoms with van der Waals surface area (Å²) < 4.78 is 0. The highest BCUT2D eigenvalue weighted by atomic mass is 32.2. The van der Waals surface area contributed by atoms with Gasteiger partial charge in [0.25, 0.3) is 0 Å². The quantitative estimate of drug-likeness (QED) is 0.553. The van der Waals surface area contributed by atoms with Gasteiger partial charge in [0.15, 0.2) is 0 Å². The SMILES string of the molecule is CSCC(=O)N1CC[C@H](NC(=O)NC2CCCCC2)[C@H]1C(=O)N1CCC[C@@H]1C(N)=O. The van der Waals surface area contributed by atoms with E-state index >= 15 is 0 Å². The Labute approximate surface area is 181 Å². The van der Waals surface area contributed by atoms with Crippen LogP contribution in [0.15, 0.2) is 0 Å². The molecule has 3 atom stereocenters. The number of nitrogens with one attached hydrogen (secondary N) is 2. The van der Waals surface area contributed by atoms with Crippen molar-refractivity contribution in [1.29, 1.82) is 0 Å². The van der Waals surface area contributed by atoms with Gasteiger partial charge in [0.05, 0.1) is 11.8 Å². The molecule has 3 rings (SSSR count). The van der Waals surface area contributed by atoms with Crippen LogP contribution >= 0.6 is 11.8 Å². The molecule has 2 heterocycles. The molecule has 2 aliphatic heterocycles. The molecule has 0 aromatic carbocycles. The molecule has 0 spiro atoms. The van der Waals surface area contributed by atoms with Gasteiger partial charge in [-0.3, -0.25) is 14.4 Å². The van der Waals surface area contributed by atoms with Crippen molar-refractivity contribution in [2.75, 3.05) is 25.1 Å². The van der Waals surface area contributed by atoms with Gasteiger partial charge >= 0.3 is 6.03 Å². The molecule has 1 saturated carbocycles. The van der Waals surface area contributed by atoms with Gasteiger partial charge in [-0.2, -0.15) is 11.8 Å². The normalized spacial score (nSPS) is 27.2. The number of nitrogens with zero attached hydrogens (tertiary/aromatic N) is 2. The minimum absolute atomic E-state index is 0.132. The van der Waals surface area contributed by atoms with E-state index in [1.165, 1.54) is 23.1 Å². The zero-order chi connectivity index (χ0) is 21.7. The minimum atomic E-state index is -0.804. The minimum Gasteiger partial charge on any atom is -0.368 e. The van der Waals surface area contributed by atoms with Crippen molar-refractivity contribution < 1.29 is 19.2 Å². The van der Waals surface area contributed by atoms with Crippen molar-refractivity contribution >= 4 is 35.5 Å². The number of urea groups is 1. The molecule has 2 saturated heterocycles. The highest BCUT2D eigenvalue weighted by molar-refractivity contribution is 7.99. The van der Waals surface area contributed by atoms with Gasteiger partial charge in [-0.1, -0.05) is 19.3 Å². The molecule has 9 nitrogen and oxygen atoms in total. The van der Waals surface area contributed by atoms with Crippen molar-refractivity contribution in [1.82, 2.24) is 20.4 Å². The lowest BCUT2D eigenvalue weighted by Gasteiger charge is -2.33. The molecule has 0 bridgehead atoms. The average Bonchev–Trinajstić information content (AvgIpc) is 3.36. The Morgan fingerprint density at radius 3 is 2.33 bits per heavy atom. The van der Waals surface area contributed by atoms with Crippen LogP contribution in [0.5, 0.6) is 0 Å². The summed E-state index contributed by atoms with van der Waals surface area (Å²) in [6, 6.07) is -2.08. The topological polar surface area (TPSA) is 125 Å². The summed E-state index contributed by atoms with van der Waals surface area (Å²) in [7, 11) is 0. The van der Waals surface area contributed by atoms with Crippen molar-refractivity contribution in [2.45, 2.75) is 75.5 Å². The highest BCUT2D eigenvalue weighted by Crippen LogP contribution is 2.26. The first-order valence-electron chi connectivity index (χ1n) is 10.9. The van der Waals surface area contributed by atoms with E-state index in [2.05, 4.69) is 10.6 Å². The van der Waals surface area contributed by atoms with Gasteiger partial charge in [0.2, 0.25) is 17.7 Å². The molecular weight excluding hydrogens is 406 g/mol. The van der Waals surface area contributed by atoms with E-state index in [0.29, 0.717) is 32.4 Å². The number of hydrogen-bond acceptors (Lipinski definition) is 5. The van der Waals surface area contributed by atoms with Crippen molar-refractivity contribution in [2.24, 2.45) is 5.73 Å². The fourth-order valence-electron chi connectivity index (χ4n) is 4.87. The number of primary amides is 1. The van der Waals surface area contributed by atoms with Gasteiger partial charge in [-0.05, 0) is 38.4 Å². The third kappa shape index (κ3) is 5.19. The van der Waals surface area contributed by atoms with Gasteiger partial charge in [-0.25, -0.2) is 4.79 Å². The van der Waals surface area contributed by atoms with Crippen LogP contribution in [0.25, 0.3) is 0 Å². The second-order valence-corrected chi connectivity index (χ2v) is 9.27. The van der Waals surface area contributed by atoms with Crippen molar-refractivity contribution in [3.63, 3.8) is 0 Å². The molecule has 1 aliphatic carbocycles. The maximum Gasteiger partial charge on any atom is 0.315 e. The van der Waals surface area contributed by atoms with Crippen LogP contribution in [0.2, 0.25) is 0 Å². The van der Waals surface area contributed by atoms with E-state index in [9.17, 15) is 19.2 Å². The van der Waals surface area contributed by atoms with Crippen LogP contribution < -0.4 is 16.4 Å². The van der Waals surface area contributed by atoms with Crippen molar-refractivity contribution in [3.05, 3.63) is 0 Å². The monoisotopic (exact) mass is 439 g/mol. The molecule has 0 aromatic heterocycles. The third-order valence-electron chi connectivity index (χ3n) is 6.36. The highest BCUT2D eigenvalue weighted by Gasteiger charge is 2.47. The molecule has 168 valence electrons. The zero-order valence-corrected chi connectivity index (χ0v) is 18.4. The lowest BCUT2D eigenvalue weighted by molar-refractivity contribution is -0.145. The Kier molecular flexibility index (Phi) is 7.85. The summed E-state index contributed by atoms with van der Waals surface area (Å²) in [4.78, 5) is 53.5. The van der Waals surface area contributed by atoms with Gasteiger partial charge in [0.1, 0.15) is 12.1 Å². The van der Waals surface area contributed by atoms with E-state index in [1.807, 2.05) is 6.26 Å². The second-order valence-electron chi connectivity index (χ2n) is 8.40.